The normalized spacial score (nSPS) is 13.9. The van der Waals surface area contributed by atoms with Crippen LogP contribution in [0, 0.1) is 5.82 Å². The van der Waals surface area contributed by atoms with E-state index in [1.165, 1.54) is 13.2 Å². The summed E-state index contributed by atoms with van der Waals surface area (Å²) in [6.07, 6.45) is -0.299. The van der Waals surface area contributed by atoms with Gasteiger partial charge in [-0.25, -0.2) is 12.8 Å². The molecule has 0 aromatic heterocycles. The average molecular weight is 253 g/mol. The summed E-state index contributed by atoms with van der Waals surface area (Å²) in [4.78, 5) is -0.517. The highest BCUT2D eigenvalue weighted by Crippen LogP contribution is 2.23. The topological polar surface area (TPSA) is 43.4 Å². The van der Waals surface area contributed by atoms with E-state index in [4.69, 9.17) is 15.4 Å². The first-order valence-electron chi connectivity index (χ1n) is 4.13. The Morgan fingerprint density at radius 2 is 2.07 bits per heavy atom. The predicted molar refractivity (Wildman–Crippen MR) is 54.9 cm³/mol. The molecular weight excluding hydrogens is 243 g/mol. The molecule has 0 aliphatic heterocycles. The molecule has 0 saturated carbocycles. The first kappa shape index (κ1) is 12.4. The smallest absolute Gasteiger partial charge is 0.264 e. The molecule has 0 N–H and O–H groups in total. The molecule has 1 unspecified atom stereocenters. The molecule has 15 heavy (non-hydrogen) atoms. The number of benzene rings is 1. The number of ether oxygens (including phenoxy) is 1. The highest BCUT2D eigenvalue weighted by molar-refractivity contribution is 8.13. The van der Waals surface area contributed by atoms with Crippen LogP contribution in [0.1, 0.15) is 18.6 Å². The molecule has 1 aromatic carbocycles. The third-order valence-corrected chi connectivity index (χ3v) is 3.40. The van der Waals surface area contributed by atoms with Crippen molar-refractivity contribution in [3.8, 4) is 0 Å². The van der Waals surface area contributed by atoms with Crippen molar-refractivity contribution < 1.29 is 17.5 Å². The van der Waals surface area contributed by atoms with Gasteiger partial charge >= 0.3 is 0 Å². The number of halogens is 2. The molecule has 1 rings (SSSR count). The quantitative estimate of drug-likeness (QED) is 0.776. The van der Waals surface area contributed by atoms with Gasteiger partial charge in [0.15, 0.2) is 0 Å². The van der Waals surface area contributed by atoms with Crippen molar-refractivity contribution in [2.24, 2.45) is 0 Å². The summed E-state index contributed by atoms with van der Waals surface area (Å²) in [5.74, 6) is -0.869. The van der Waals surface area contributed by atoms with E-state index in [2.05, 4.69) is 0 Å². The predicted octanol–water partition coefficient (Wildman–Crippen LogP) is 2.46. The maximum Gasteiger partial charge on any atom is 0.264 e. The van der Waals surface area contributed by atoms with Crippen LogP contribution in [-0.4, -0.2) is 15.5 Å². The second-order valence-electron chi connectivity index (χ2n) is 3.01. The third kappa shape index (κ3) is 2.90. The highest BCUT2D eigenvalue weighted by atomic mass is 35.7. The fourth-order valence-electron chi connectivity index (χ4n) is 1.10. The van der Waals surface area contributed by atoms with Gasteiger partial charge in [-0.1, -0.05) is 6.07 Å². The zero-order valence-electron chi connectivity index (χ0n) is 8.20. The molecule has 0 aliphatic rings. The summed E-state index contributed by atoms with van der Waals surface area (Å²) in [6, 6.07) is 3.69. The summed E-state index contributed by atoms with van der Waals surface area (Å²) in [5, 5.41) is 0. The monoisotopic (exact) mass is 252 g/mol. The lowest BCUT2D eigenvalue weighted by Gasteiger charge is -2.10. The average Bonchev–Trinajstić information content (AvgIpc) is 2.14. The third-order valence-electron chi connectivity index (χ3n) is 2.04. The Kier molecular flexibility index (Phi) is 3.70. The van der Waals surface area contributed by atoms with Crippen LogP contribution < -0.4 is 0 Å². The molecule has 1 aromatic rings. The molecular formula is C9H10ClFO3S. The fraction of sp³-hybridized carbons (Fsp3) is 0.333. The minimum Gasteiger partial charge on any atom is -0.377 e. The van der Waals surface area contributed by atoms with E-state index in [1.54, 1.807) is 6.92 Å². The fourth-order valence-corrected chi connectivity index (χ4v) is 2.00. The summed E-state index contributed by atoms with van der Waals surface area (Å²) in [7, 11) is 2.49. The standard InChI is InChI=1S/C9H10ClFO3S/c1-6(14-2)7-3-4-9(8(11)5-7)15(10,12)13/h3-6H,1-2H3. The van der Waals surface area contributed by atoms with E-state index in [0.717, 1.165) is 12.1 Å². The van der Waals surface area contributed by atoms with Crippen LogP contribution in [0.3, 0.4) is 0 Å². The van der Waals surface area contributed by atoms with Crippen LogP contribution in [0.4, 0.5) is 4.39 Å². The van der Waals surface area contributed by atoms with Gasteiger partial charge in [0.25, 0.3) is 9.05 Å². The van der Waals surface area contributed by atoms with Crippen LogP contribution in [0.25, 0.3) is 0 Å². The van der Waals surface area contributed by atoms with Crippen LogP contribution in [0.2, 0.25) is 0 Å². The van der Waals surface area contributed by atoms with Gasteiger partial charge in [0, 0.05) is 17.8 Å². The summed E-state index contributed by atoms with van der Waals surface area (Å²) >= 11 is 0. The molecule has 0 spiro atoms. The molecule has 0 amide bonds. The Morgan fingerprint density at radius 3 is 2.47 bits per heavy atom. The second-order valence-corrected chi connectivity index (χ2v) is 5.54. The van der Waals surface area contributed by atoms with E-state index in [1.807, 2.05) is 0 Å². The SMILES string of the molecule is COC(C)c1ccc(S(=O)(=O)Cl)c(F)c1. The van der Waals surface area contributed by atoms with Crippen molar-refractivity contribution in [3.05, 3.63) is 29.6 Å². The Hall–Kier alpha value is -0.650. The van der Waals surface area contributed by atoms with Crippen LogP contribution in [-0.2, 0) is 13.8 Å². The van der Waals surface area contributed by atoms with Crippen LogP contribution in [0.5, 0.6) is 0 Å². The Bertz CT molecular complexity index is 458. The van der Waals surface area contributed by atoms with Gasteiger partial charge in [-0.3, -0.25) is 0 Å². The van der Waals surface area contributed by atoms with Gasteiger partial charge in [-0.15, -0.1) is 0 Å². The molecule has 0 aliphatic carbocycles. The Labute approximate surface area is 92.2 Å². The van der Waals surface area contributed by atoms with Crippen molar-refractivity contribution in [2.75, 3.05) is 7.11 Å². The molecule has 0 heterocycles. The summed E-state index contributed by atoms with van der Waals surface area (Å²) < 4.78 is 40.1. The first-order valence-corrected chi connectivity index (χ1v) is 6.44. The minimum absolute atomic E-state index is 0.299. The lowest BCUT2D eigenvalue weighted by atomic mass is 10.1. The molecule has 0 fully saturated rings. The highest BCUT2D eigenvalue weighted by Gasteiger charge is 2.17. The van der Waals surface area contributed by atoms with E-state index in [9.17, 15) is 12.8 Å². The lowest BCUT2D eigenvalue weighted by molar-refractivity contribution is 0.119. The van der Waals surface area contributed by atoms with Crippen molar-refractivity contribution in [1.82, 2.24) is 0 Å². The van der Waals surface area contributed by atoms with Gasteiger partial charge < -0.3 is 4.74 Å². The van der Waals surface area contributed by atoms with Crippen molar-refractivity contribution in [3.63, 3.8) is 0 Å². The number of hydrogen-bond acceptors (Lipinski definition) is 3. The molecule has 0 saturated heterocycles. The molecule has 1 atom stereocenters. The van der Waals surface area contributed by atoms with Gasteiger partial charge in [-0.2, -0.15) is 0 Å². The zero-order chi connectivity index (χ0) is 11.6. The van der Waals surface area contributed by atoms with Gasteiger partial charge in [0.05, 0.1) is 6.10 Å². The van der Waals surface area contributed by atoms with Gasteiger partial charge in [-0.05, 0) is 24.6 Å². The largest absolute Gasteiger partial charge is 0.377 e. The lowest BCUT2D eigenvalue weighted by Crippen LogP contribution is -2.00. The number of hydrogen-bond donors (Lipinski definition) is 0. The van der Waals surface area contributed by atoms with Crippen molar-refractivity contribution in [1.29, 1.82) is 0 Å². The van der Waals surface area contributed by atoms with Crippen molar-refractivity contribution in [2.45, 2.75) is 17.9 Å². The molecule has 0 radical (unpaired) electrons. The molecule has 0 bridgehead atoms. The molecule has 84 valence electrons. The first-order chi connectivity index (χ1) is 6.86. The van der Waals surface area contributed by atoms with Gasteiger partial charge in [0.1, 0.15) is 10.7 Å². The van der Waals surface area contributed by atoms with Gasteiger partial charge in [0.2, 0.25) is 0 Å². The maximum absolute atomic E-state index is 13.3. The van der Waals surface area contributed by atoms with Crippen molar-refractivity contribution >= 4 is 19.7 Å². The summed E-state index contributed by atoms with van der Waals surface area (Å²) in [6.45, 7) is 1.73. The van der Waals surface area contributed by atoms with E-state index in [-0.39, 0.29) is 6.10 Å². The number of methoxy groups -OCH3 is 1. The minimum atomic E-state index is -4.03. The van der Waals surface area contributed by atoms with E-state index < -0.39 is 19.8 Å². The van der Waals surface area contributed by atoms with Crippen LogP contribution in [0.15, 0.2) is 23.1 Å². The number of rotatable bonds is 3. The zero-order valence-corrected chi connectivity index (χ0v) is 9.77. The Balaban J connectivity index is 3.21. The molecule has 6 heteroatoms. The van der Waals surface area contributed by atoms with Crippen LogP contribution >= 0.6 is 10.7 Å². The maximum atomic E-state index is 13.3. The molecule has 3 nitrogen and oxygen atoms in total. The van der Waals surface area contributed by atoms with E-state index in [0.29, 0.717) is 5.56 Å². The second kappa shape index (κ2) is 4.47. The summed E-state index contributed by atoms with van der Waals surface area (Å²) in [5.41, 5.74) is 0.555. The Morgan fingerprint density at radius 1 is 1.47 bits per heavy atom. The van der Waals surface area contributed by atoms with E-state index >= 15 is 0 Å².